The van der Waals surface area contributed by atoms with E-state index in [1.165, 1.54) is 10.9 Å². The van der Waals surface area contributed by atoms with E-state index in [-0.39, 0.29) is 22.7 Å². The van der Waals surface area contributed by atoms with Gasteiger partial charge in [0.2, 0.25) is 0 Å². The molecule has 1 heterocycles. The first kappa shape index (κ1) is 13.4. The highest BCUT2D eigenvalue weighted by molar-refractivity contribution is 6.32. The molecule has 0 saturated heterocycles. The monoisotopic (exact) mass is 271 g/mol. The van der Waals surface area contributed by atoms with Crippen LogP contribution in [0.5, 0.6) is 0 Å². The Balaban J connectivity index is 2.09. The van der Waals surface area contributed by atoms with Gasteiger partial charge >= 0.3 is 0 Å². The lowest BCUT2D eigenvalue weighted by molar-refractivity contribution is 0.164. The fourth-order valence-electron chi connectivity index (χ4n) is 1.80. The highest BCUT2D eigenvalue weighted by atomic mass is 35.5. The van der Waals surface area contributed by atoms with E-state index in [1.807, 2.05) is 13.8 Å². The van der Waals surface area contributed by atoms with Gasteiger partial charge in [0.15, 0.2) is 0 Å². The number of nitrogens with zero attached hydrogens (tertiary/aromatic N) is 2. The van der Waals surface area contributed by atoms with Gasteiger partial charge in [-0.25, -0.2) is 4.68 Å². The van der Waals surface area contributed by atoms with Crippen LogP contribution in [-0.4, -0.2) is 27.5 Å². The predicted molar refractivity (Wildman–Crippen MR) is 71.1 cm³/mol. The molecule has 1 unspecified atom stereocenters. The van der Waals surface area contributed by atoms with Gasteiger partial charge in [-0.05, 0) is 32.6 Å². The van der Waals surface area contributed by atoms with Crippen molar-refractivity contribution in [2.24, 2.45) is 5.92 Å². The zero-order valence-electron chi connectivity index (χ0n) is 10.6. The van der Waals surface area contributed by atoms with Crippen LogP contribution in [0.3, 0.4) is 0 Å². The van der Waals surface area contributed by atoms with Gasteiger partial charge in [0.05, 0.1) is 24.0 Å². The molecule has 0 aliphatic heterocycles. The Bertz CT molecular complexity index is 483. The van der Waals surface area contributed by atoms with Crippen LogP contribution in [0.1, 0.15) is 32.7 Å². The molecule has 2 rings (SSSR count). The Labute approximate surface area is 111 Å². The zero-order valence-corrected chi connectivity index (χ0v) is 11.3. The maximum absolute atomic E-state index is 11.9. The van der Waals surface area contributed by atoms with Crippen LogP contribution >= 0.6 is 11.6 Å². The van der Waals surface area contributed by atoms with Gasteiger partial charge in [0, 0.05) is 6.54 Å². The van der Waals surface area contributed by atoms with Gasteiger partial charge in [-0.2, -0.15) is 5.10 Å². The normalized spacial score (nSPS) is 16.9. The average Bonchev–Trinajstić information content (AvgIpc) is 3.14. The van der Waals surface area contributed by atoms with Gasteiger partial charge < -0.3 is 10.4 Å². The van der Waals surface area contributed by atoms with E-state index >= 15 is 0 Å². The van der Waals surface area contributed by atoms with Crippen molar-refractivity contribution >= 4 is 17.3 Å². The lowest BCUT2D eigenvalue weighted by Crippen LogP contribution is -2.27. The highest BCUT2D eigenvalue weighted by Gasteiger charge is 2.29. The fraction of sp³-hybridized carbons (Fsp3) is 0.667. The standard InChI is InChI=1S/C12H18ClN3O2/c1-7(2)16-12(18)11(13)9(5-15-16)14-6-10(17)8-3-4-8/h5,7-8,10,14,17H,3-4,6H2,1-2H3. The maximum atomic E-state index is 11.9. The fourth-order valence-corrected chi connectivity index (χ4v) is 2.00. The second kappa shape index (κ2) is 5.28. The van der Waals surface area contributed by atoms with E-state index in [0.29, 0.717) is 18.2 Å². The molecule has 18 heavy (non-hydrogen) atoms. The molecule has 1 aromatic rings. The van der Waals surface area contributed by atoms with Gasteiger partial charge in [-0.1, -0.05) is 11.6 Å². The summed E-state index contributed by atoms with van der Waals surface area (Å²) in [5, 5.41) is 16.9. The van der Waals surface area contributed by atoms with Crippen molar-refractivity contribution in [3.8, 4) is 0 Å². The van der Waals surface area contributed by atoms with Crippen LogP contribution in [0.4, 0.5) is 5.69 Å². The Morgan fingerprint density at radius 1 is 1.61 bits per heavy atom. The van der Waals surface area contributed by atoms with Crippen molar-refractivity contribution < 1.29 is 5.11 Å². The van der Waals surface area contributed by atoms with Gasteiger partial charge in [-0.15, -0.1) is 0 Å². The summed E-state index contributed by atoms with van der Waals surface area (Å²) in [6, 6.07) is -0.0268. The number of halogens is 1. The predicted octanol–water partition coefficient (Wildman–Crippen LogP) is 1.66. The van der Waals surface area contributed by atoms with Crippen molar-refractivity contribution in [3.63, 3.8) is 0 Å². The molecule has 1 aliphatic carbocycles. The minimum Gasteiger partial charge on any atom is -0.391 e. The van der Waals surface area contributed by atoms with Crippen LogP contribution in [-0.2, 0) is 0 Å². The molecule has 1 aliphatic rings. The van der Waals surface area contributed by atoms with E-state index in [0.717, 1.165) is 12.8 Å². The molecule has 2 N–H and O–H groups in total. The third-order valence-electron chi connectivity index (χ3n) is 3.10. The summed E-state index contributed by atoms with van der Waals surface area (Å²) in [4.78, 5) is 11.9. The maximum Gasteiger partial charge on any atom is 0.287 e. The molecule has 0 spiro atoms. The smallest absolute Gasteiger partial charge is 0.287 e. The van der Waals surface area contributed by atoms with Crippen LogP contribution in [0, 0.1) is 5.92 Å². The molecule has 1 aromatic heterocycles. The summed E-state index contributed by atoms with van der Waals surface area (Å²) in [5.41, 5.74) is 0.177. The third-order valence-corrected chi connectivity index (χ3v) is 3.47. The van der Waals surface area contributed by atoms with Crippen LogP contribution in [0.25, 0.3) is 0 Å². The third kappa shape index (κ3) is 2.84. The number of aliphatic hydroxyl groups excluding tert-OH is 1. The van der Waals surface area contributed by atoms with Crippen molar-refractivity contribution in [1.82, 2.24) is 9.78 Å². The molecule has 0 aromatic carbocycles. The number of aliphatic hydroxyl groups is 1. The molecular weight excluding hydrogens is 254 g/mol. The number of nitrogens with one attached hydrogen (secondary N) is 1. The summed E-state index contributed by atoms with van der Waals surface area (Å²) in [5.74, 6) is 0.389. The molecular formula is C12H18ClN3O2. The Kier molecular flexibility index (Phi) is 3.92. The van der Waals surface area contributed by atoms with E-state index in [2.05, 4.69) is 10.4 Å². The summed E-state index contributed by atoms with van der Waals surface area (Å²) >= 11 is 6.00. The van der Waals surface area contributed by atoms with Crippen LogP contribution in [0.2, 0.25) is 5.02 Å². The first-order valence-electron chi connectivity index (χ1n) is 6.20. The molecule has 6 heteroatoms. The van der Waals surface area contributed by atoms with Gasteiger partial charge in [0.1, 0.15) is 5.02 Å². The first-order chi connectivity index (χ1) is 8.50. The van der Waals surface area contributed by atoms with E-state index in [4.69, 9.17) is 11.6 Å². The molecule has 1 fully saturated rings. The van der Waals surface area contributed by atoms with Gasteiger partial charge in [-0.3, -0.25) is 4.79 Å². The summed E-state index contributed by atoms with van der Waals surface area (Å²) in [6.07, 6.45) is 3.30. The van der Waals surface area contributed by atoms with Gasteiger partial charge in [0.25, 0.3) is 5.56 Å². The quantitative estimate of drug-likeness (QED) is 0.855. The summed E-state index contributed by atoms with van der Waals surface area (Å²) in [7, 11) is 0. The first-order valence-corrected chi connectivity index (χ1v) is 6.57. The minimum absolute atomic E-state index is 0.0268. The van der Waals surface area contributed by atoms with Crippen LogP contribution in [0.15, 0.2) is 11.0 Å². The average molecular weight is 272 g/mol. The van der Waals surface area contributed by atoms with Crippen molar-refractivity contribution in [1.29, 1.82) is 0 Å². The molecule has 0 amide bonds. The van der Waals surface area contributed by atoms with E-state index in [9.17, 15) is 9.90 Å². The molecule has 0 bridgehead atoms. The largest absolute Gasteiger partial charge is 0.391 e. The summed E-state index contributed by atoms with van der Waals surface area (Å²) < 4.78 is 1.34. The molecule has 5 nitrogen and oxygen atoms in total. The van der Waals surface area contributed by atoms with E-state index < -0.39 is 0 Å². The zero-order chi connectivity index (χ0) is 13.3. The van der Waals surface area contributed by atoms with E-state index in [1.54, 1.807) is 0 Å². The molecule has 0 radical (unpaired) electrons. The van der Waals surface area contributed by atoms with Crippen molar-refractivity contribution in [2.45, 2.75) is 38.8 Å². The highest BCUT2D eigenvalue weighted by Crippen LogP contribution is 2.32. The van der Waals surface area contributed by atoms with Crippen molar-refractivity contribution in [3.05, 3.63) is 21.6 Å². The number of rotatable bonds is 5. The van der Waals surface area contributed by atoms with Crippen LogP contribution < -0.4 is 10.9 Å². The Morgan fingerprint density at radius 3 is 2.83 bits per heavy atom. The molecule has 1 saturated carbocycles. The Morgan fingerprint density at radius 2 is 2.28 bits per heavy atom. The lowest BCUT2D eigenvalue weighted by Gasteiger charge is -2.14. The second-order valence-corrected chi connectivity index (χ2v) is 5.38. The number of hydrogen-bond donors (Lipinski definition) is 2. The SMILES string of the molecule is CC(C)n1ncc(NCC(O)C2CC2)c(Cl)c1=O. The van der Waals surface area contributed by atoms with Crippen molar-refractivity contribution in [2.75, 3.05) is 11.9 Å². The number of anilines is 1. The molecule has 1 atom stereocenters. The number of hydrogen-bond acceptors (Lipinski definition) is 4. The topological polar surface area (TPSA) is 67.2 Å². The molecule has 100 valence electrons. The lowest BCUT2D eigenvalue weighted by atomic mass is 10.2. The summed E-state index contributed by atoms with van der Waals surface area (Å²) in [6.45, 7) is 4.14. The number of aromatic nitrogens is 2. The Hall–Kier alpha value is -1.07. The second-order valence-electron chi connectivity index (χ2n) is 5.00. The minimum atomic E-state index is -0.381.